The lowest BCUT2D eigenvalue weighted by Gasteiger charge is -2.27. The first-order valence-electron chi connectivity index (χ1n) is 9.98. The molecule has 0 saturated heterocycles. The predicted molar refractivity (Wildman–Crippen MR) is 122 cm³/mol. The van der Waals surface area contributed by atoms with Gasteiger partial charge in [-0.2, -0.15) is 0 Å². The third-order valence-corrected chi connectivity index (χ3v) is 8.07. The molecule has 0 aromatic heterocycles. The standard InChI is InChI=1S/C12H20O2Si.C10H20OSi/c1-13-12-7-5-11(6-8-12)9-14-10-15(2,3)4;1-11-9-5-7-10(8-6-9)12(2,3)4/h5-8H,9-10H2,1-4H3;7,9H,5-6,8H2,1-4H3. The van der Waals surface area contributed by atoms with Crippen LogP contribution in [-0.4, -0.2) is 42.7 Å². The summed E-state index contributed by atoms with van der Waals surface area (Å²) in [7, 11) is 1.43. The maximum atomic E-state index is 5.68. The third kappa shape index (κ3) is 10.3. The van der Waals surface area contributed by atoms with Crippen molar-refractivity contribution in [3.63, 3.8) is 0 Å². The molecule has 1 unspecified atom stereocenters. The van der Waals surface area contributed by atoms with Crippen LogP contribution in [0.3, 0.4) is 0 Å². The summed E-state index contributed by atoms with van der Waals surface area (Å²) in [4.78, 5) is 0. The second-order valence-corrected chi connectivity index (χ2v) is 20.1. The third-order valence-electron chi connectivity index (χ3n) is 4.62. The Kier molecular flexibility index (Phi) is 10.0. The van der Waals surface area contributed by atoms with Gasteiger partial charge in [-0.15, -0.1) is 0 Å². The van der Waals surface area contributed by atoms with E-state index in [4.69, 9.17) is 14.2 Å². The van der Waals surface area contributed by atoms with Gasteiger partial charge in [0.2, 0.25) is 0 Å². The molecular formula is C22H40O3Si2. The number of ether oxygens (including phenoxy) is 3. The Balaban J connectivity index is 0.000000277. The Morgan fingerprint density at radius 1 is 0.963 bits per heavy atom. The van der Waals surface area contributed by atoms with Gasteiger partial charge in [0.25, 0.3) is 0 Å². The van der Waals surface area contributed by atoms with Crippen LogP contribution in [0.5, 0.6) is 5.75 Å². The van der Waals surface area contributed by atoms with Gasteiger partial charge < -0.3 is 14.2 Å². The molecule has 0 N–H and O–H groups in total. The van der Waals surface area contributed by atoms with Gasteiger partial charge in [-0.3, -0.25) is 0 Å². The minimum Gasteiger partial charge on any atom is -0.497 e. The van der Waals surface area contributed by atoms with Gasteiger partial charge in [-0.1, -0.05) is 62.7 Å². The number of hydrogen-bond acceptors (Lipinski definition) is 3. The van der Waals surface area contributed by atoms with Crippen LogP contribution >= 0.6 is 0 Å². The quantitative estimate of drug-likeness (QED) is 0.512. The Hall–Kier alpha value is -0.886. The highest BCUT2D eigenvalue weighted by atomic mass is 28.3. The fourth-order valence-corrected chi connectivity index (χ4v) is 5.24. The van der Waals surface area contributed by atoms with Gasteiger partial charge in [0.15, 0.2) is 0 Å². The summed E-state index contributed by atoms with van der Waals surface area (Å²) in [6, 6.07) is 8.02. The van der Waals surface area contributed by atoms with E-state index in [-0.39, 0.29) is 0 Å². The Labute approximate surface area is 169 Å². The smallest absolute Gasteiger partial charge is 0.118 e. The molecule has 0 saturated carbocycles. The van der Waals surface area contributed by atoms with E-state index in [9.17, 15) is 0 Å². The van der Waals surface area contributed by atoms with Crippen LogP contribution in [0.25, 0.3) is 0 Å². The maximum absolute atomic E-state index is 5.68. The molecule has 0 spiro atoms. The molecule has 154 valence electrons. The van der Waals surface area contributed by atoms with Gasteiger partial charge in [0, 0.05) is 13.3 Å². The van der Waals surface area contributed by atoms with Crippen LogP contribution in [0, 0.1) is 0 Å². The molecule has 0 aliphatic heterocycles. The number of methoxy groups -OCH3 is 2. The highest BCUT2D eigenvalue weighted by Gasteiger charge is 2.23. The Morgan fingerprint density at radius 3 is 2.00 bits per heavy atom. The summed E-state index contributed by atoms with van der Waals surface area (Å²) >= 11 is 0. The molecule has 1 aromatic carbocycles. The number of benzene rings is 1. The van der Waals surface area contributed by atoms with E-state index in [2.05, 4.69) is 45.4 Å². The van der Waals surface area contributed by atoms with E-state index < -0.39 is 16.1 Å². The lowest BCUT2D eigenvalue weighted by atomic mass is 10.0. The highest BCUT2D eigenvalue weighted by molar-refractivity contribution is 6.83. The Morgan fingerprint density at radius 2 is 1.59 bits per heavy atom. The lowest BCUT2D eigenvalue weighted by Crippen LogP contribution is -2.28. The lowest BCUT2D eigenvalue weighted by molar-refractivity contribution is 0.0947. The average Bonchev–Trinajstić information content (AvgIpc) is 2.61. The molecule has 0 heterocycles. The molecule has 0 radical (unpaired) electrons. The van der Waals surface area contributed by atoms with Crippen molar-refractivity contribution in [1.29, 1.82) is 0 Å². The van der Waals surface area contributed by atoms with Crippen LogP contribution in [0.15, 0.2) is 35.5 Å². The Bertz CT molecular complexity index is 569. The molecule has 0 bridgehead atoms. The number of hydrogen-bond donors (Lipinski definition) is 0. The van der Waals surface area contributed by atoms with Crippen molar-refractivity contribution in [3.05, 3.63) is 41.1 Å². The van der Waals surface area contributed by atoms with Crippen LogP contribution in [0.1, 0.15) is 24.8 Å². The van der Waals surface area contributed by atoms with Crippen molar-refractivity contribution >= 4 is 16.1 Å². The maximum Gasteiger partial charge on any atom is 0.118 e. The zero-order valence-corrected chi connectivity index (χ0v) is 20.7. The summed E-state index contributed by atoms with van der Waals surface area (Å²) in [5.41, 5.74) is 1.20. The highest BCUT2D eigenvalue weighted by Crippen LogP contribution is 2.27. The molecule has 1 atom stereocenters. The van der Waals surface area contributed by atoms with E-state index in [0.29, 0.717) is 12.7 Å². The second-order valence-electron chi connectivity index (χ2n) is 9.51. The fourth-order valence-electron chi connectivity index (χ4n) is 2.90. The predicted octanol–water partition coefficient (Wildman–Crippen LogP) is 6.08. The molecule has 1 aromatic rings. The first-order chi connectivity index (χ1) is 12.5. The van der Waals surface area contributed by atoms with Crippen molar-refractivity contribution < 1.29 is 14.2 Å². The summed E-state index contributed by atoms with van der Waals surface area (Å²) in [6.45, 7) is 14.9. The SMILES string of the molecule is COC1CC=C([Si](C)(C)C)CC1.COc1ccc(COC[Si](C)(C)C)cc1. The topological polar surface area (TPSA) is 27.7 Å². The van der Waals surface area contributed by atoms with Gasteiger partial charge in [0.05, 0.1) is 36.0 Å². The second kappa shape index (κ2) is 11.2. The summed E-state index contributed by atoms with van der Waals surface area (Å²) < 4.78 is 16.1. The van der Waals surface area contributed by atoms with Crippen molar-refractivity contribution in [2.45, 2.75) is 71.3 Å². The first-order valence-corrected chi connectivity index (χ1v) is 17.2. The van der Waals surface area contributed by atoms with Crippen LogP contribution in [-0.2, 0) is 16.1 Å². The van der Waals surface area contributed by atoms with Crippen molar-refractivity contribution in [3.8, 4) is 5.75 Å². The van der Waals surface area contributed by atoms with E-state index in [1.807, 2.05) is 31.4 Å². The minimum atomic E-state index is -1.08. The number of rotatable bonds is 7. The molecule has 2 rings (SSSR count). The largest absolute Gasteiger partial charge is 0.497 e. The van der Waals surface area contributed by atoms with Crippen molar-refractivity contribution in [2.75, 3.05) is 20.4 Å². The first kappa shape index (κ1) is 24.2. The molecular weight excluding hydrogens is 368 g/mol. The zero-order valence-electron chi connectivity index (χ0n) is 18.7. The average molecular weight is 409 g/mol. The molecule has 1 aliphatic rings. The van der Waals surface area contributed by atoms with E-state index in [0.717, 1.165) is 18.4 Å². The fraction of sp³-hybridized carbons (Fsp3) is 0.636. The van der Waals surface area contributed by atoms with Gasteiger partial charge in [-0.25, -0.2) is 0 Å². The molecule has 3 nitrogen and oxygen atoms in total. The van der Waals surface area contributed by atoms with Crippen molar-refractivity contribution in [1.82, 2.24) is 0 Å². The van der Waals surface area contributed by atoms with Crippen LogP contribution in [0.4, 0.5) is 0 Å². The van der Waals surface area contributed by atoms with E-state index in [1.165, 1.54) is 18.4 Å². The zero-order chi connectivity index (χ0) is 20.5. The summed E-state index contributed by atoms with van der Waals surface area (Å²) in [6.07, 6.45) is 7.46. The van der Waals surface area contributed by atoms with Crippen molar-refractivity contribution in [2.24, 2.45) is 0 Å². The monoisotopic (exact) mass is 408 g/mol. The van der Waals surface area contributed by atoms with Crippen LogP contribution < -0.4 is 4.74 Å². The van der Waals surface area contributed by atoms with Gasteiger partial charge >= 0.3 is 0 Å². The van der Waals surface area contributed by atoms with Crippen LogP contribution in [0.2, 0.25) is 39.3 Å². The number of allylic oxidation sites excluding steroid dienone is 1. The van der Waals surface area contributed by atoms with Gasteiger partial charge in [-0.05, 0) is 37.0 Å². The minimum absolute atomic E-state index is 0.491. The summed E-state index contributed by atoms with van der Waals surface area (Å²) in [5.74, 6) is 0.893. The normalized spacial score (nSPS) is 17.6. The van der Waals surface area contributed by atoms with E-state index >= 15 is 0 Å². The molecule has 0 fully saturated rings. The summed E-state index contributed by atoms with van der Waals surface area (Å²) in [5, 5.41) is 1.73. The molecule has 0 amide bonds. The van der Waals surface area contributed by atoms with Gasteiger partial charge in [0.1, 0.15) is 5.75 Å². The van der Waals surface area contributed by atoms with E-state index in [1.54, 1.807) is 12.3 Å². The molecule has 1 aliphatic carbocycles. The molecule has 5 heteroatoms. The molecule has 27 heavy (non-hydrogen) atoms.